The Kier molecular flexibility index (Phi) is 12.1. The third-order valence-electron chi connectivity index (χ3n) is 5.70. The zero-order valence-electron chi connectivity index (χ0n) is 22.8. The summed E-state index contributed by atoms with van der Waals surface area (Å²) in [6.07, 6.45) is 5.47. The molecule has 0 amide bonds. The van der Waals surface area contributed by atoms with Crippen molar-refractivity contribution >= 4 is 0 Å². The fraction of sp³-hybridized carbons (Fsp3) is 0.0833. The minimum atomic E-state index is 0. The van der Waals surface area contributed by atoms with Gasteiger partial charge in [0.25, 0.3) is 0 Å². The third-order valence-corrected chi connectivity index (χ3v) is 5.70. The number of benzene rings is 3. The maximum Gasteiger partial charge on any atom is 3.00 e. The van der Waals surface area contributed by atoms with E-state index in [0.717, 1.165) is 33.8 Å². The molecule has 3 aromatic heterocycles. The van der Waals surface area contributed by atoms with Crippen molar-refractivity contribution < 1.29 is 20.1 Å². The minimum absolute atomic E-state index is 0. The van der Waals surface area contributed by atoms with Crippen LogP contribution < -0.4 is 0 Å². The van der Waals surface area contributed by atoms with E-state index in [4.69, 9.17) is 0 Å². The topological polar surface area (TPSA) is 38.7 Å². The smallest absolute Gasteiger partial charge is 0.305 e. The van der Waals surface area contributed by atoms with Crippen molar-refractivity contribution in [3.8, 4) is 33.8 Å². The molecule has 3 heterocycles. The van der Waals surface area contributed by atoms with Crippen LogP contribution in [0.25, 0.3) is 33.8 Å². The van der Waals surface area contributed by atoms with Crippen LogP contribution >= 0.6 is 0 Å². The van der Waals surface area contributed by atoms with Gasteiger partial charge < -0.3 is 15.0 Å². The Balaban J connectivity index is 0.000000163. The van der Waals surface area contributed by atoms with Crippen LogP contribution in [0, 0.1) is 39.0 Å². The van der Waals surface area contributed by atoms with E-state index in [1.807, 2.05) is 110 Å². The zero-order chi connectivity index (χ0) is 27.3. The molecule has 4 heteroatoms. The van der Waals surface area contributed by atoms with Gasteiger partial charge in [0, 0.05) is 18.6 Å². The van der Waals surface area contributed by atoms with E-state index in [2.05, 4.69) is 72.1 Å². The van der Waals surface area contributed by atoms with Crippen molar-refractivity contribution in [2.24, 2.45) is 0 Å². The molecule has 0 saturated carbocycles. The molecule has 0 aliphatic carbocycles. The molecule has 0 aliphatic rings. The van der Waals surface area contributed by atoms with Crippen LogP contribution in [0.2, 0.25) is 0 Å². The largest absolute Gasteiger partial charge is 3.00 e. The van der Waals surface area contributed by atoms with Crippen LogP contribution in [-0.4, -0.2) is 15.0 Å². The Morgan fingerprint density at radius 2 is 0.725 bits per heavy atom. The van der Waals surface area contributed by atoms with Crippen LogP contribution in [0.4, 0.5) is 0 Å². The molecule has 6 aromatic rings. The van der Waals surface area contributed by atoms with E-state index in [1.54, 1.807) is 0 Å². The van der Waals surface area contributed by atoms with Crippen LogP contribution in [0.3, 0.4) is 0 Å². The van der Waals surface area contributed by atoms with Crippen LogP contribution in [-0.2, 0) is 20.1 Å². The number of aryl methyl sites for hydroxylation is 3. The fourth-order valence-electron chi connectivity index (χ4n) is 3.71. The maximum atomic E-state index is 4.28. The Hall–Kier alpha value is -4.24. The van der Waals surface area contributed by atoms with Crippen molar-refractivity contribution in [1.82, 2.24) is 15.0 Å². The van der Waals surface area contributed by atoms with Gasteiger partial charge in [0.2, 0.25) is 0 Å². The minimum Gasteiger partial charge on any atom is -0.305 e. The Labute approximate surface area is 251 Å². The van der Waals surface area contributed by atoms with Crippen molar-refractivity contribution in [3.63, 3.8) is 0 Å². The second kappa shape index (κ2) is 16.0. The van der Waals surface area contributed by atoms with E-state index in [0.29, 0.717) is 0 Å². The van der Waals surface area contributed by atoms with E-state index in [-0.39, 0.29) is 20.1 Å². The number of pyridine rings is 3. The summed E-state index contributed by atoms with van der Waals surface area (Å²) in [6, 6.07) is 45.2. The van der Waals surface area contributed by atoms with Gasteiger partial charge in [-0.05, 0) is 56.1 Å². The molecule has 40 heavy (non-hydrogen) atoms. The summed E-state index contributed by atoms with van der Waals surface area (Å²) >= 11 is 0. The van der Waals surface area contributed by atoms with Gasteiger partial charge in [-0.3, -0.25) is 0 Å². The predicted octanol–water partition coefficient (Wildman–Crippen LogP) is 8.57. The maximum absolute atomic E-state index is 4.28. The normalized spacial score (nSPS) is 9.68. The van der Waals surface area contributed by atoms with Gasteiger partial charge in [0.05, 0.1) is 0 Å². The zero-order valence-corrected chi connectivity index (χ0v) is 25.2. The molecule has 6 rings (SSSR count). The molecule has 198 valence electrons. The molecule has 0 saturated heterocycles. The molecule has 0 fully saturated rings. The van der Waals surface area contributed by atoms with Crippen LogP contribution in [0.15, 0.2) is 128 Å². The summed E-state index contributed by atoms with van der Waals surface area (Å²) in [5.41, 5.74) is 9.78. The molecule has 0 spiro atoms. The number of hydrogen-bond donors (Lipinski definition) is 0. The molecule has 3 aromatic carbocycles. The summed E-state index contributed by atoms with van der Waals surface area (Å²) in [7, 11) is 0. The third kappa shape index (κ3) is 9.50. The first-order chi connectivity index (χ1) is 19.1. The molecule has 0 bridgehead atoms. The quantitative estimate of drug-likeness (QED) is 0.174. The average Bonchev–Trinajstić information content (AvgIpc) is 2.99. The van der Waals surface area contributed by atoms with Gasteiger partial charge in [-0.25, -0.2) is 0 Å². The van der Waals surface area contributed by atoms with E-state index in [1.165, 1.54) is 16.7 Å². The Morgan fingerprint density at radius 1 is 0.425 bits per heavy atom. The molecule has 0 unspecified atom stereocenters. The average molecular weight is 697 g/mol. The molecule has 3 nitrogen and oxygen atoms in total. The second-order valence-electron chi connectivity index (χ2n) is 8.98. The number of aromatic nitrogens is 3. The van der Waals surface area contributed by atoms with Crippen molar-refractivity contribution in [1.29, 1.82) is 0 Å². The number of hydrogen-bond acceptors (Lipinski definition) is 3. The molecular weight excluding hydrogens is 667 g/mol. The van der Waals surface area contributed by atoms with Gasteiger partial charge in [-0.1, -0.05) is 34.9 Å². The summed E-state index contributed by atoms with van der Waals surface area (Å²) < 4.78 is 0. The van der Waals surface area contributed by atoms with Gasteiger partial charge in [0.15, 0.2) is 0 Å². The van der Waals surface area contributed by atoms with E-state index in [9.17, 15) is 0 Å². The molecule has 0 radical (unpaired) electrons. The van der Waals surface area contributed by atoms with E-state index < -0.39 is 0 Å². The first-order valence-corrected chi connectivity index (χ1v) is 12.8. The standard InChI is InChI=1S/3C12H10N.Ir/c3*1-10-7-8-13-12(9-10)11-5-3-2-4-6-11;/h3*2-5,7-9H,1H3;/q3*-1;+3. The molecular formula is C36H30IrN3. The monoisotopic (exact) mass is 697 g/mol. The Morgan fingerprint density at radius 3 is 0.950 bits per heavy atom. The van der Waals surface area contributed by atoms with Crippen molar-refractivity contribution in [2.75, 3.05) is 0 Å². The van der Waals surface area contributed by atoms with Crippen molar-refractivity contribution in [2.45, 2.75) is 20.8 Å². The van der Waals surface area contributed by atoms with Crippen molar-refractivity contribution in [3.05, 3.63) is 163 Å². The van der Waals surface area contributed by atoms with Crippen LogP contribution in [0.5, 0.6) is 0 Å². The Bertz CT molecular complexity index is 1380. The van der Waals surface area contributed by atoms with Gasteiger partial charge in [-0.15, -0.1) is 108 Å². The second-order valence-corrected chi connectivity index (χ2v) is 8.98. The molecule has 0 aliphatic heterocycles. The number of rotatable bonds is 3. The van der Waals surface area contributed by atoms with E-state index >= 15 is 0 Å². The summed E-state index contributed by atoms with van der Waals surface area (Å²) in [5.74, 6) is 0. The van der Waals surface area contributed by atoms with Gasteiger partial charge in [-0.2, -0.15) is 0 Å². The first kappa shape index (κ1) is 30.3. The number of nitrogens with zero attached hydrogens (tertiary/aromatic N) is 3. The van der Waals surface area contributed by atoms with Crippen LogP contribution in [0.1, 0.15) is 16.7 Å². The summed E-state index contributed by atoms with van der Waals surface area (Å²) in [5, 5.41) is 0. The summed E-state index contributed by atoms with van der Waals surface area (Å²) in [6.45, 7) is 6.19. The van der Waals surface area contributed by atoms with Gasteiger partial charge >= 0.3 is 20.1 Å². The summed E-state index contributed by atoms with van der Waals surface area (Å²) in [4.78, 5) is 12.8. The SMILES string of the molecule is Cc1ccnc(-c2[c-]cccc2)c1.Cc1ccnc(-c2[c-]cccc2)c1.Cc1ccnc(-c2[c-]cccc2)c1.[Ir+3]. The molecule has 0 atom stereocenters. The molecule has 0 N–H and O–H groups in total. The fourth-order valence-corrected chi connectivity index (χ4v) is 3.71. The first-order valence-electron chi connectivity index (χ1n) is 12.8. The van der Waals surface area contributed by atoms with Gasteiger partial charge in [0.1, 0.15) is 0 Å². The predicted molar refractivity (Wildman–Crippen MR) is 160 cm³/mol.